The van der Waals surface area contributed by atoms with Gasteiger partial charge in [-0.3, -0.25) is 0 Å². The number of benzene rings is 6. The molecule has 0 aliphatic rings. The normalized spacial score (nSPS) is 12.1. The van der Waals surface area contributed by atoms with Crippen molar-refractivity contribution in [3.05, 3.63) is 127 Å². The van der Waals surface area contributed by atoms with E-state index < -0.39 is 0 Å². The minimum absolute atomic E-state index is 0.907. The van der Waals surface area contributed by atoms with Gasteiger partial charge in [-0.25, -0.2) is 0 Å². The first kappa shape index (κ1) is 21.1. The fourth-order valence-electron chi connectivity index (χ4n) is 6.32. The van der Waals surface area contributed by atoms with Crippen molar-refractivity contribution in [2.24, 2.45) is 0 Å². The van der Waals surface area contributed by atoms with Gasteiger partial charge in [0.25, 0.3) is 0 Å². The lowest BCUT2D eigenvalue weighted by atomic mass is 9.98. The molecule has 0 N–H and O–H groups in total. The molecule has 0 bridgehead atoms. The number of rotatable bonds is 2. The number of hydrogen-bond acceptors (Lipinski definition) is 2. The Kier molecular flexibility index (Phi) is 4.24. The third kappa shape index (κ3) is 2.91. The lowest BCUT2D eigenvalue weighted by molar-refractivity contribution is 0.666. The number of thiophene rings is 1. The van der Waals surface area contributed by atoms with Crippen LogP contribution in [-0.2, 0) is 0 Å². The molecule has 3 heterocycles. The van der Waals surface area contributed by atoms with Gasteiger partial charge < -0.3 is 8.98 Å². The Morgan fingerprint density at radius 2 is 1.18 bits per heavy atom. The quantitative estimate of drug-likeness (QED) is 0.224. The van der Waals surface area contributed by atoms with E-state index in [1.54, 1.807) is 0 Å². The van der Waals surface area contributed by atoms with Gasteiger partial charge in [-0.05, 0) is 53.6 Å². The van der Waals surface area contributed by atoms with Gasteiger partial charge in [0.1, 0.15) is 5.58 Å². The van der Waals surface area contributed by atoms with Crippen molar-refractivity contribution < 1.29 is 4.42 Å². The average Bonchev–Trinajstić information content (AvgIpc) is 3.66. The number of furan rings is 1. The number of para-hydroxylation sites is 3. The molecular weight excluding hydrogens is 494 g/mol. The highest BCUT2D eigenvalue weighted by Gasteiger charge is 2.18. The Balaban J connectivity index is 1.32. The van der Waals surface area contributed by atoms with Crippen LogP contribution in [0.25, 0.3) is 80.7 Å². The molecule has 9 aromatic rings. The molecule has 0 saturated carbocycles. The molecule has 0 radical (unpaired) electrons. The number of fused-ring (bicyclic) bond motifs is 9. The van der Waals surface area contributed by atoms with E-state index in [1.807, 2.05) is 11.3 Å². The van der Waals surface area contributed by atoms with E-state index in [0.29, 0.717) is 0 Å². The molecule has 0 fully saturated rings. The first-order valence-corrected chi connectivity index (χ1v) is 14.0. The lowest BCUT2D eigenvalue weighted by Gasteiger charge is -2.08. The second-order valence-corrected chi connectivity index (χ2v) is 11.2. The molecule has 0 spiro atoms. The van der Waals surface area contributed by atoms with Crippen LogP contribution in [-0.4, -0.2) is 4.57 Å². The molecule has 0 unspecified atom stereocenters. The summed E-state index contributed by atoms with van der Waals surface area (Å²) in [7, 11) is 0. The molecule has 3 aromatic heterocycles. The maximum Gasteiger partial charge on any atom is 0.159 e. The van der Waals surface area contributed by atoms with E-state index in [2.05, 4.69) is 132 Å². The molecule has 0 amide bonds. The molecule has 2 nitrogen and oxygen atoms in total. The summed E-state index contributed by atoms with van der Waals surface area (Å²) < 4.78 is 11.6. The fraction of sp³-hybridized carbons (Fsp3) is 0. The summed E-state index contributed by atoms with van der Waals surface area (Å²) in [5.74, 6) is 0. The molecular formula is C36H21NOS. The van der Waals surface area contributed by atoms with Crippen LogP contribution >= 0.6 is 11.3 Å². The van der Waals surface area contributed by atoms with Crippen molar-refractivity contribution in [3.63, 3.8) is 0 Å². The Morgan fingerprint density at radius 1 is 0.513 bits per heavy atom. The van der Waals surface area contributed by atoms with E-state index >= 15 is 0 Å². The molecule has 182 valence electrons. The summed E-state index contributed by atoms with van der Waals surface area (Å²) in [6, 6.07) is 45.7. The number of nitrogens with zero attached hydrogens (tertiary/aromatic N) is 1. The molecule has 0 atom stereocenters. The SMILES string of the molecule is c1ccc2c(c1)sc1cccc(-c3ccc4oc5c(-n6c7ccccc7c7ccccc76)cccc5c4c3)c12. The van der Waals surface area contributed by atoms with Crippen molar-refractivity contribution in [3.8, 4) is 16.8 Å². The van der Waals surface area contributed by atoms with Crippen LogP contribution in [0.2, 0.25) is 0 Å². The van der Waals surface area contributed by atoms with Gasteiger partial charge >= 0.3 is 0 Å². The number of aromatic nitrogens is 1. The lowest BCUT2D eigenvalue weighted by Crippen LogP contribution is -1.93. The van der Waals surface area contributed by atoms with Gasteiger partial charge in [-0.2, -0.15) is 0 Å². The van der Waals surface area contributed by atoms with Crippen LogP contribution in [0.15, 0.2) is 132 Å². The van der Waals surface area contributed by atoms with Crippen molar-refractivity contribution in [2.75, 3.05) is 0 Å². The van der Waals surface area contributed by atoms with Crippen LogP contribution in [0.1, 0.15) is 0 Å². The highest BCUT2D eigenvalue weighted by Crippen LogP contribution is 2.42. The maximum atomic E-state index is 6.62. The molecule has 0 aliphatic carbocycles. The van der Waals surface area contributed by atoms with Gasteiger partial charge in [-0.15, -0.1) is 11.3 Å². The highest BCUT2D eigenvalue weighted by atomic mass is 32.1. The van der Waals surface area contributed by atoms with Crippen molar-refractivity contribution >= 4 is 75.3 Å². The van der Waals surface area contributed by atoms with Crippen LogP contribution in [0.5, 0.6) is 0 Å². The molecule has 6 aromatic carbocycles. The van der Waals surface area contributed by atoms with Crippen molar-refractivity contribution in [1.29, 1.82) is 0 Å². The first-order valence-electron chi connectivity index (χ1n) is 13.2. The predicted molar refractivity (Wildman–Crippen MR) is 166 cm³/mol. The minimum Gasteiger partial charge on any atom is -0.454 e. The predicted octanol–water partition coefficient (Wildman–Crippen LogP) is 10.7. The van der Waals surface area contributed by atoms with Crippen LogP contribution in [0, 0.1) is 0 Å². The van der Waals surface area contributed by atoms with Crippen LogP contribution in [0.3, 0.4) is 0 Å². The second-order valence-electron chi connectivity index (χ2n) is 10.1. The van der Waals surface area contributed by atoms with Crippen molar-refractivity contribution in [2.45, 2.75) is 0 Å². The van der Waals surface area contributed by atoms with Crippen LogP contribution in [0.4, 0.5) is 0 Å². The summed E-state index contributed by atoms with van der Waals surface area (Å²) in [6.07, 6.45) is 0. The number of hydrogen-bond donors (Lipinski definition) is 0. The summed E-state index contributed by atoms with van der Waals surface area (Å²) in [6.45, 7) is 0. The third-order valence-electron chi connectivity index (χ3n) is 8.01. The minimum atomic E-state index is 0.907. The van der Waals surface area contributed by atoms with E-state index in [0.717, 1.165) is 27.6 Å². The van der Waals surface area contributed by atoms with Crippen molar-refractivity contribution in [1.82, 2.24) is 4.57 Å². The van der Waals surface area contributed by atoms with E-state index in [9.17, 15) is 0 Å². The second kappa shape index (κ2) is 7.83. The van der Waals surface area contributed by atoms with Crippen LogP contribution < -0.4 is 0 Å². The molecule has 9 rings (SSSR count). The van der Waals surface area contributed by atoms with Gasteiger partial charge in [0.15, 0.2) is 5.58 Å². The first-order chi connectivity index (χ1) is 19.3. The zero-order valence-corrected chi connectivity index (χ0v) is 21.7. The molecule has 0 saturated heterocycles. The third-order valence-corrected chi connectivity index (χ3v) is 9.15. The standard InChI is InChI=1S/C36H21NOS/c1-4-14-29-24(9-1)25-10-2-5-15-30(25)37(29)31-16-7-13-26-28-21-22(19-20-32(28)38-36(26)31)23-12-8-18-34-35(23)27-11-3-6-17-33(27)39-34/h1-21H. The van der Waals surface area contributed by atoms with E-state index in [-0.39, 0.29) is 0 Å². The molecule has 39 heavy (non-hydrogen) atoms. The summed E-state index contributed by atoms with van der Waals surface area (Å²) in [4.78, 5) is 0. The molecule has 0 aliphatic heterocycles. The van der Waals surface area contributed by atoms with E-state index in [4.69, 9.17) is 4.42 Å². The van der Waals surface area contributed by atoms with E-state index in [1.165, 1.54) is 53.1 Å². The summed E-state index contributed by atoms with van der Waals surface area (Å²) in [5, 5.41) is 7.42. The zero-order valence-electron chi connectivity index (χ0n) is 20.9. The summed E-state index contributed by atoms with van der Waals surface area (Å²) in [5.41, 5.74) is 7.72. The van der Waals surface area contributed by atoms with Gasteiger partial charge in [0, 0.05) is 41.7 Å². The smallest absolute Gasteiger partial charge is 0.159 e. The Hall–Kier alpha value is -4.86. The monoisotopic (exact) mass is 515 g/mol. The topological polar surface area (TPSA) is 18.1 Å². The Bertz CT molecular complexity index is 2350. The Labute approximate surface area is 227 Å². The maximum absolute atomic E-state index is 6.62. The zero-order chi connectivity index (χ0) is 25.5. The summed E-state index contributed by atoms with van der Waals surface area (Å²) >= 11 is 1.86. The Morgan fingerprint density at radius 3 is 2.00 bits per heavy atom. The fourth-order valence-corrected chi connectivity index (χ4v) is 7.46. The van der Waals surface area contributed by atoms with Gasteiger partial charge in [-0.1, -0.05) is 84.9 Å². The average molecular weight is 516 g/mol. The largest absolute Gasteiger partial charge is 0.454 e. The van der Waals surface area contributed by atoms with Gasteiger partial charge in [0.05, 0.1) is 16.7 Å². The molecule has 3 heteroatoms. The van der Waals surface area contributed by atoms with Gasteiger partial charge in [0.2, 0.25) is 0 Å². The highest BCUT2D eigenvalue weighted by molar-refractivity contribution is 7.25.